The summed E-state index contributed by atoms with van der Waals surface area (Å²) in [5.41, 5.74) is 0.352. The van der Waals surface area contributed by atoms with Crippen molar-refractivity contribution in [2.75, 3.05) is 17.2 Å². The lowest BCUT2D eigenvalue weighted by Gasteiger charge is -2.10. The predicted octanol–water partition coefficient (Wildman–Crippen LogP) is 3.27. The normalized spacial score (nSPS) is 19.4. The first-order valence-corrected chi connectivity index (χ1v) is 6.87. The molecule has 1 saturated carbocycles. The van der Waals surface area contributed by atoms with Crippen LogP contribution in [0.4, 0.5) is 17.3 Å². The zero-order chi connectivity index (χ0) is 15.1. The molecule has 0 bridgehead atoms. The molecular formula is C14H22N4O2. The molecule has 0 aliphatic heterocycles. The second-order valence-corrected chi connectivity index (χ2v) is 6.40. The number of nitrogens with zero attached hydrogens (tertiary/aromatic N) is 2. The molecule has 6 heteroatoms. The highest BCUT2D eigenvalue weighted by molar-refractivity contribution is 5.56. The van der Waals surface area contributed by atoms with E-state index in [9.17, 15) is 10.1 Å². The first kappa shape index (κ1) is 14.6. The molecule has 1 aliphatic carbocycles. The second-order valence-electron chi connectivity index (χ2n) is 6.40. The molecule has 0 spiro atoms. The lowest BCUT2D eigenvalue weighted by molar-refractivity contribution is -0.384. The van der Waals surface area contributed by atoms with Gasteiger partial charge in [-0.3, -0.25) is 10.1 Å². The fourth-order valence-electron chi connectivity index (χ4n) is 2.67. The van der Waals surface area contributed by atoms with Gasteiger partial charge < -0.3 is 10.6 Å². The summed E-state index contributed by atoms with van der Waals surface area (Å²) >= 11 is 0. The third-order valence-electron chi connectivity index (χ3n) is 4.69. The van der Waals surface area contributed by atoms with Crippen molar-refractivity contribution in [1.29, 1.82) is 0 Å². The number of rotatable bonds is 5. The Labute approximate surface area is 119 Å². The maximum absolute atomic E-state index is 11.0. The summed E-state index contributed by atoms with van der Waals surface area (Å²) in [4.78, 5) is 15.0. The Bertz CT molecular complexity index is 526. The van der Waals surface area contributed by atoms with Crippen LogP contribution >= 0.6 is 0 Å². The van der Waals surface area contributed by atoms with Crippen molar-refractivity contribution in [2.45, 2.75) is 40.7 Å². The number of hydrogen-bond acceptors (Lipinski definition) is 5. The molecule has 0 radical (unpaired) electrons. The molecule has 1 heterocycles. The summed E-state index contributed by atoms with van der Waals surface area (Å²) < 4.78 is 0. The maximum atomic E-state index is 11.0. The molecule has 6 nitrogen and oxygen atoms in total. The van der Waals surface area contributed by atoms with Crippen LogP contribution in [0.15, 0.2) is 12.1 Å². The monoisotopic (exact) mass is 278 g/mol. The third-order valence-corrected chi connectivity index (χ3v) is 4.69. The van der Waals surface area contributed by atoms with Gasteiger partial charge in [0.15, 0.2) is 0 Å². The Kier molecular flexibility index (Phi) is 3.36. The van der Waals surface area contributed by atoms with E-state index >= 15 is 0 Å². The quantitative estimate of drug-likeness (QED) is 0.638. The number of nitrogens with one attached hydrogen (secondary N) is 2. The number of aromatic nitrogens is 1. The third kappa shape index (κ3) is 2.30. The number of hydrogen-bond donors (Lipinski definition) is 2. The van der Waals surface area contributed by atoms with Crippen molar-refractivity contribution in [3.63, 3.8) is 0 Å². The zero-order valence-electron chi connectivity index (χ0n) is 12.7. The Morgan fingerprint density at radius 1 is 1.25 bits per heavy atom. The topological polar surface area (TPSA) is 80.1 Å². The standard InChI is InChI=1S/C14H22N4O2/c1-6-15-10-7-9(18(19)20)8-11(16-10)17-12-13(2,3)14(12,4)5/h7-8,12H,6H2,1-5H3,(H2,15,16,17). The zero-order valence-corrected chi connectivity index (χ0v) is 12.7. The second kappa shape index (κ2) is 4.61. The highest BCUT2D eigenvalue weighted by Crippen LogP contribution is 2.63. The first-order chi connectivity index (χ1) is 9.20. The first-order valence-electron chi connectivity index (χ1n) is 6.87. The van der Waals surface area contributed by atoms with Crippen LogP contribution < -0.4 is 10.6 Å². The maximum Gasteiger partial charge on any atom is 0.276 e. The van der Waals surface area contributed by atoms with Crippen LogP contribution in [0.25, 0.3) is 0 Å². The van der Waals surface area contributed by atoms with Gasteiger partial charge >= 0.3 is 0 Å². The molecule has 1 fully saturated rings. The van der Waals surface area contributed by atoms with E-state index in [2.05, 4.69) is 43.3 Å². The molecule has 0 atom stereocenters. The van der Waals surface area contributed by atoms with E-state index in [0.717, 1.165) is 0 Å². The van der Waals surface area contributed by atoms with E-state index < -0.39 is 4.92 Å². The Morgan fingerprint density at radius 2 is 1.80 bits per heavy atom. The molecule has 0 saturated heterocycles. The Hall–Kier alpha value is -1.85. The largest absolute Gasteiger partial charge is 0.370 e. The fourth-order valence-corrected chi connectivity index (χ4v) is 2.67. The minimum absolute atomic E-state index is 0.0507. The van der Waals surface area contributed by atoms with E-state index in [4.69, 9.17) is 0 Å². The van der Waals surface area contributed by atoms with E-state index in [1.54, 1.807) is 0 Å². The van der Waals surface area contributed by atoms with Gasteiger partial charge in [-0.15, -0.1) is 0 Å². The number of anilines is 2. The molecule has 0 aromatic carbocycles. The van der Waals surface area contributed by atoms with Crippen molar-refractivity contribution >= 4 is 17.3 Å². The van der Waals surface area contributed by atoms with Gasteiger partial charge in [-0.1, -0.05) is 27.7 Å². The van der Waals surface area contributed by atoms with E-state index in [0.29, 0.717) is 18.2 Å². The highest BCUT2D eigenvalue weighted by Gasteiger charge is 2.65. The van der Waals surface area contributed by atoms with Gasteiger partial charge in [-0.05, 0) is 17.8 Å². The van der Waals surface area contributed by atoms with Gasteiger partial charge in [-0.2, -0.15) is 0 Å². The van der Waals surface area contributed by atoms with Crippen LogP contribution in [0.3, 0.4) is 0 Å². The number of pyridine rings is 1. The highest BCUT2D eigenvalue weighted by atomic mass is 16.6. The van der Waals surface area contributed by atoms with Crippen molar-refractivity contribution in [2.24, 2.45) is 10.8 Å². The predicted molar refractivity (Wildman–Crippen MR) is 80.0 cm³/mol. The van der Waals surface area contributed by atoms with E-state index in [1.807, 2.05) is 6.92 Å². The van der Waals surface area contributed by atoms with Gasteiger partial charge in [0.05, 0.1) is 17.1 Å². The minimum atomic E-state index is -0.392. The summed E-state index contributed by atoms with van der Waals surface area (Å²) in [7, 11) is 0. The number of nitro groups is 1. The van der Waals surface area contributed by atoms with Crippen molar-refractivity contribution < 1.29 is 4.92 Å². The molecule has 2 N–H and O–H groups in total. The van der Waals surface area contributed by atoms with Gasteiger partial charge in [0, 0.05) is 12.6 Å². The van der Waals surface area contributed by atoms with Crippen molar-refractivity contribution in [1.82, 2.24) is 4.98 Å². The van der Waals surface area contributed by atoms with Gasteiger partial charge in [-0.25, -0.2) is 4.98 Å². The SMILES string of the molecule is CCNc1cc([N+](=O)[O-])cc(NC2C(C)(C)C2(C)C)n1. The molecule has 1 aromatic rings. The van der Waals surface area contributed by atoms with Crippen LogP contribution in [0, 0.1) is 20.9 Å². The van der Waals surface area contributed by atoms with Crippen LogP contribution in [0.2, 0.25) is 0 Å². The van der Waals surface area contributed by atoms with Crippen LogP contribution in [-0.4, -0.2) is 22.5 Å². The lowest BCUT2D eigenvalue weighted by Crippen LogP contribution is -2.12. The summed E-state index contributed by atoms with van der Waals surface area (Å²) in [6.07, 6.45) is 0. The molecule has 20 heavy (non-hydrogen) atoms. The summed E-state index contributed by atoms with van der Waals surface area (Å²) in [6.45, 7) is 11.4. The molecule has 1 aromatic heterocycles. The molecule has 0 unspecified atom stereocenters. The molecular weight excluding hydrogens is 256 g/mol. The van der Waals surface area contributed by atoms with Gasteiger partial charge in [0.2, 0.25) is 0 Å². The van der Waals surface area contributed by atoms with Crippen LogP contribution in [-0.2, 0) is 0 Å². The van der Waals surface area contributed by atoms with E-state index in [-0.39, 0.29) is 22.6 Å². The van der Waals surface area contributed by atoms with Gasteiger partial charge in [0.1, 0.15) is 11.6 Å². The molecule has 0 amide bonds. The van der Waals surface area contributed by atoms with Crippen molar-refractivity contribution in [3.8, 4) is 0 Å². The minimum Gasteiger partial charge on any atom is -0.370 e. The Morgan fingerprint density at radius 3 is 2.25 bits per heavy atom. The summed E-state index contributed by atoms with van der Waals surface area (Å²) in [6, 6.07) is 3.21. The average molecular weight is 278 g/mol. The van der Waals surface area contributed by atoms with Gasteiger partial charge in [0.25, 0.3) is 5.69 Å². The van der Waals surface area contributed by atoms with E-state index in [1.165, 1.54) is 12.1 Å². The van der Waals surface area contributed by atoms with Crippen LogP contribution in [0.5, 0.6) is 0 Å². The van der Waals surface area contributed by atoms with Crippen molar-refractivity contribution in [3.05, 3.63) is 22.2 Å². The van der Waals surface area contributed by atoms with Crippen LogP contribution in [0.1, 0.15) is 34.6 Å². The summed E-state index contributed by atoms with van der Waals surface area (Å²) in [5, 5.41) is 17.3. The fraction of sp³-hybridized carbons (Fsp3) is 0.643. The molecule has 2 rings (SSSR count). The average Bonchev–Trinajstić information content (AvgIpc) is 2.72. The Balaban J connectivity index is 2.26. The molecule has 1 aliphatic rings. The smallest absolute Gasteiger partial charge is 0.276 e. The summed E-state index contributed by atoms with van der Waals surface area (Å²) in [5.74, 6) is 1.08. The lowest BCUT2D eigenvalue weighted by atomic mass is 10.0. The molecule has 110 valence electrons.